The molecule has 0 atom stereocenters. The van der Waals surface area contributed by atoms with Crippen LogP contribution in [0.25, 0.3) is 22.3 Å². The zero-order valence-corrected chi connectivity index (χ0v) is 17.3. The van der Waals surface area contributed by atoms with Crippen molar-refractivity contribution in [3.8, 4) is 22.3 Å². The van der Waals surface area contributed by atoms with Gasteiger partial charge in [-0.15, -0.1) is 0 Å². The van der Waals surface area contributed by atoms with Crippen LogP contribution < -0.4 is 0 Å². The third kappa shape index (κ3) is 2.11. The molecule has 4 saturated carbocycles. The summed E-state index contributed by atoms with van der Waals surface area (Å²) in [6.45, 7) is 0. The second kappa shape index (κ2) is 5.76. The molecule has 5 aliphatic carbocycles. The van der Waals surface area contributed by atoms with Crippen LogP contribution >= 0.6 is 11.6 Å². The lowest BCUT2D eigenvalue weighted by atomic mass is 9.43. The van der Waals surface area contributed by atoms with E-state index in [9.17, 15) is 0 Å². The minimum atomic E-state index is 0.270. The number of hydrogen-bond donors (Lipinski definition) is 0. The molecule has 1 spiro atoms. The molecule has 1 heteroatoms. The van der Waals surface area contributed by atoms with Crippen LogP contribution in [0.5, 0.6) is 0 Å². The summed E-state index contributed by atoms with van der Waals surface area (Å²) >= 11 is 6.29. The Labute approximate surface area is 177 Å². The average Bonchev–Trinajstić information content (AvgIpc) is 3.02. The van der Waals surface area contributed by atoms with E-state index in [4.69, 9.17) is 11.6 Å². The quantitative estimate of drug-likeness (QED) is 0.394. The highest BCUT2D eigenvalue weighted by atomic mass is 35.5. The van der Waals surface area contributed by atoms with Crippen molar-refractivity contribution in [1.29, 1.82) is 0 Å². The van der Waals surface area contributed by atoms with Crippen molar-refractivity contribution < 1.29 is 0 Å². The van der Waals surface area contributed by atoms with Gasteiger partial charge >= 0.3 is 0 Å². The molecule has 0 unspecified atom stereocenters. The first-order valence-corrected chi connectivity index (χ1v) is 11.6. The predicted molar refractivity (Wildman–Crippen MR) is 120 cm³/mol. The van der Waals surface area contributed by atoms with E-state index in [1.807, 2.05) is 6.07 Å². The second-order valence-corrected chi connectivity index (χ2v) is 10.4. The molecule has 0 heterocycles. The van der Waals surface area contributed by atoms with Crippen molar-refractivity contribution in [3.05, 3.63) is 82.9 Å². The summed E-state index contributed by atoms with van der Waals surface area (Å²) in [4.78, 5) is 0. The zero-order valence-electron chi connectivity index (χ0n) is 16.6. The lowest BCUT2D eigenvalue weighted by Gasteiger charge is -2.61. The van der Waals surface area contributed by atoms with Gasteiger partial charge in [-0.1, -0.05) is 60.1 Å². The summed E-state index contributed by atoms with van der Waals surface area (Å²) < 4.78 is 0. The summed E-state index contributed by atoms with van der Waals surface area (Å²) in [5.41, 5.74) is 8.98. The van der Waals surface area contributed by atoms with E-state index in [0.29, 0.717) is 0 Å². The van der Waals surface area contributed by atoms with Crippen LogP contribution in [0.3, 0.4) is 0 Å². The maximum atomic E-state index is 6.29. The van der Waals surface area contributed by atoms with Gasteiger partial charge < -0.3 is 0 Å². The number of halogens is 1. The normalized spacial score (nSPS) is 33.1. The van der Waals surface area contributed by atoms with Gasteiger partial charge in [0.1, 0.15) is 0 Å². The average molecular weight is 397 g/mol. The van der Waals surface area contributed by atoms with Gasteiger partial charge in [-0.2, -0.15) is 0 Å². The minimum absolute atomic E-state index is 0.270. The van der Waals surface area contributed by atoms with Crippen LogP contribution in [0, 0.1) is 23.7 Å². The molecule has 0 radical (unpaired) electrons. The summed E-state index contributed by atoms with van der Waals surface area (Å²) in [6, 6.07) is 24.9. The van der Waals surface area contributed by atoms with E-state index in [1.54, 1.807) is 11.1 Å². The van der Waals surface area contributed by atoms with Crippen LogP contribution in [0.1, 0.15) is 43.2 Å². The molecule has 0 aliphatic heterocycles. The highest BCUT2D eigenvalue weighted by molar-refractivity contribution is 6.30. The SMILES string of the molecule is Clc1cccc(-c2ccc3c(c2)-c2ccccc2C32C3CC4CC(C3)CC2C4)c1. The van der Waals surface area contributed by atoms with Gasteiger partial charge in [-0.05, 0) is 107 Å². The summed E-state index contributed by atoms with van der Waals surface area (Å²) in [7, 11) is 0. The molecule has 0 amide bonds. The summed E-state index contributed by atoms with van der Waals surface area (Å²) in [5, 5.41) is 0.806. The van der Waals surface area contributed by atoms with Crippen LogP contribution in [0.15, 0.2) is 66.7 Å². The lowest BCUT2D eigenvalue weighted by Crippen LogP contribution is -2.55. The van der Waals surface area contributed by atoms with Gasteiger partial charge in [0.15, 0.2) is 0 Å². The first kappa shape index (κ1) is 16.7. The van der Waals surface area contributed by atoms with E-state index in [0.717, 1.165) is 28.7 Å². The topological polar surface area (TPSA) is 0 Å². The van der Waals surface area contributed by atoms with E-state index in [2.05, 4.69) is 60.7 Å². The lowest BCUT2D eigenvalue weighted by molar-refractivity contribution is -0.0399. The van der Waals surface area contributed by atoms with Crippen molar-refractivity contribution in [3.63, 3.8) is 0 Å². The van der Waals surface area contributed by atoms with E-state index >= 15 is 0 Å². The Kier molecular flexibility index (Phi) is 3.32. The predicted octanol–water partition coefficient (Wildman–Crippen LogP) is 7.73. The van der Waals surface area contributed by atoms with Gasteiger partial charge in [0.05, 0.1) is 0 Å². The molecule has 0 aromatic heterocycles. The molecule has 0 saturated heterocycles. The van der Waals surface area contributed by atoms with Crippen molar-refractivity contribution in [2.24, 2.45) is 23.7 Å². The first-order valence-electron chi connectivity index (χ1n) is 11.2. The van der Waals surface area contributed by atoms with Gasteiger partial charge in [-0.3, -0.25) is 0 Å². The minimum Gasteiger partial charge on any atom is -0.0843 e. The summed E-state index contributed by atoms with van der Waals surface area (Å²) in [5.74, 6) is 3.64. The molecule has 3 aromatic carbocycles. The number of rotatable bonds is 1. The maximum absolute atomic E-state index is 6.29. The Morgan fingerprint density at radius 2 is 1.31 bits per heavy atom. The Morgan fingerprint density at radius 1 is 0.621 bits per heavy atom. The molecular weight excluding hydrogens is 372 g/mol. The Morgan fingerprint density at radius 3 is 2.07 bits per heavy atom. The smallest absolute Gasteiger partial charge is 0.0412 e. The Balaban J connectivity index is 1.47. The van der Waals surface area contributed by atoms with E-state index in [-0.39, 0.29) is 5.41 Å². The van der Waals surface area contributed by atoms with Crippen LogP contribution in [-0.2, 0) is 5.41 Å². The molecule has 5 aliphatic rings. The maximum Gasteiger partial charge on any atom is 0.0412 e. The number of benzene rings is 3. The number of fused-ring (bicyclic) bond motifs is 3. The van der Waals surface area contributed by atoms with Gasteiger partial charge in [-0.25, -0.2) is 0 Å². The van der Waals surface area contributed by atoms with Crippen molar-refractivity contribution >= 4 is 11.6 Å². The molecule has 4 bridgehead atoms. The fraction of sp³-hybridized carbons (Fsp3) is 0.357. The van der Waals surface area contributed by atoms with Crippen molar-refractivity contribution in [1.82, 2.24) is 0 Å². The molecule has 144 valence electrons. The molecule has 3 aromatic rings. The van der Waals surface area contributed by atoms with E-state index in [1.165, 1.54) is 54.4 Å². The van der Waals surface area contributed by atoms with Crippen molar-refractivity contribution in [2.75, 3.05) is 0 Å². The Hall–Kier alpha value is -2.05. The molecule has 0 nitrogen and oxygen atoms in total. The number of hydrogen-bond acceptors (Lipinski definition) is 0. The standard InChI is InChI=1S/C28H25Cl/c29-23-5-3-4-19(15-23)20-8-9-27-25(16-20)24-6-1-2-7-26(24)28(27)21-11-17-10-18(13-21)14-22(28)12-17/h1-9,15-18,21-22H,10-14H2. The molecule has 4 fully saturated rings. The second-order valence-electron chi connectivity index (χ2n) is 9.99. The molecule has 0 N–H and O–H groups in total. The Bertz CT molecular complexity index is 1110. The van der Waals surface area contributed by atoms with Gasteiger partial charge in [0.2, 0.25) is 0 Å². The molecular formula is C28H25Cl. The highest BCUT2D eigenvalue weighted by Gasteiger charge is 2.61. The molecule has 29 heavy (non-hydrogen) atoms. The van der Waals surface area contributed by atoms with Crippen LogP contribution in [0.4, 0.5) is 0 Å². The fourth-order valence-corrected chi connectivity index (χ4v) is 8.20. The monoisotopic (exact) mass is 396 g/mol. The highest BCUT2D eigenvalue weighted by Crippen LogP contribution is 2.69. The fourth-order valence-electron chi connectivity index (χ4n) is 8.01. The summed E-state index contributed by atoms with van der Waals surface area (Å²) in [6.07, 6.45) is 7.27. The third-order valence-corrected chi connectivity index (χ3v) is 8.95. The van der Waals surface area contributed by atoms with Crippen LogP contribution in [-0.4, -0.2) is 0 Å². The van der Waals surface area contributed by atoms with Gasteiger partial charge in [0, 0.05) is 10.4 Å². The third-order valence-electron chi connectivity index (χ3n) is 8.71. The largest absolute Gasteiger partial charge is 0.0843 e. The van der Waals surface area contributed by atoms with Crippen LogP contribution in [0.2, 0.25) is 5.02 Å². The first-order chi connectivity index (χ1) is 14.2. The van der Waals surface area contributed by atoms with Gasteiger partial charge in [0.25, 0.3) is 0 Å². The zero-order chi connectivity index (χ0) is 19.2. The van der Waals surface area contributed by atoms with E-state index < -0.39 is 0 Å². The van der Waals surface area contributed by atoms with Crippen molar-refractivity contribution in [2.45, 2.75) is 37.5 Å². The molecule has 8 rings (SSSR count).